The number of aromatic carboxylic acids is 1. The Morgan fingerprint density at radius 1 is 0.917 bits per heavy atom. The van der Waals surface area contributed by atoms with Crippen molar-refractivity contribution in [2.45, 2.75) is 0 Å². The van der Waals surface area contributed by atoms with Gasteiger partial charge in [-0.05, 0) is 23.8 Å². The van der Waals surface area contributed by atoms with Gasteiger partial charge in [-0.15, -0.1) is 0 Å². The molecule has 0 aliphatic heterocycles. The van der Waals surface area contributed by atoms with Crippen LogP contribution in [0.4, 0.5) is 0 Å². The zero-order valence-corrected chi connectivity index (χ0v) is 13.6. The van der Waals surface area contributed by atoms with Gasteiger partial charge in [0.05, 0.1) is 21.3 Å². The van der Waals surface area contributed by atoms with E-state index in [0.717, 1.165) is 5.56 Å². The summed E-state index contributed by atoms with van der Waals surface area (Å²) in [4.78, 5) is 11.4. The molecule has 0 saturated carbocycles. The second kappa shape index (κ2) is 7.41. The Kier molecular flexibility index (Phi) is 5.31. The van der Waals surface area contributed by atoms with Crippen LogP contribution in [0.2, 0.25) is 0 Å². The first kappa shape index (κ1) is 17.2. The van der Waals surface area contributed by atoms with E-state index >= 15 is 0 Å². The molecule has 0 fully saturated rings. The van der Waals surface area contributed by atoms with Crippen molar-refractivity contribution in [2.75, 3.05) is 21.3 Å². The summed E-state index contributed by atoms with van der Waals surface area (Å²) < 4.78 is 15.5. The Balaban J connectivity index is 2.49. The SMILES string of the molecule is COc1cc(O)c(C(=O)O)c(/C=C/c2ccc(OC)cc2OC)c1. The highest BCUT2D eigenvalue weighted by Gasteiger charge is 2.16. The van der Waals surface area contributed by atoms with Crippen LogP contribution < -0.4 is 14.2 Å². The summed E-state index contributed by atoms with van der Waals surface area (Å²) in [5.41, 5.74) is 0.855. The van der Waals surface area contributed by atoms with Crippen molar-refractivity contribution in [1.29, 1.82) is 0 Å². The highest BCUT2D eigenvalue weighted by atomic mass is 16.5. The molecular weight excluding hydrogens is 312 g/mol. The maximum atomic E-state index is 11.4. The van der Waals surface area contributed by atoms with Crippen LogP contribution in [0.25, 0.3) is 12.2 Å². The van der Waals surface area contributed by atoms with Crippen molar-refractivity contribution in [3.8, 4) is 23.0 Å². The number of phenols is 1. The van der Waals surface area contributed by atoms with E-state index in [1.54, 1.807) is 37.5 Å². The molecule has 0 saturated heterocycles. The Bertz CT molecular complexity index is 779. The van der Waals surface area contributed by atoms with Crippen molar-refractivity contribution >= 4 is 18.1 Å². The minimum absolute atomic E-state index is 0.195. The van der Waals surface area contributed by atoms with Crippen LogP contribution in [0, 0.1) is 0 Å². The van der Waals surface area contributed by atoms with Crippen molar-refractivity contribution in [3.63, 3.8) is 0 Å². The first-order valence-electron chi connectivity index (χ1n) is 7.04. The molecule has 0 aromatic heterocycles. The largest absolute Gasteiger partial charge is 0.507 e. The van der Waals surface area contributed by atoms with Crippen molar-refractivity contribution in [2.24, 2.45) is 0 Å². The Labute approximate surface area is 139 Å². The van der Waals surface area contributed by atoms with Gasteiger partial charge in [-0.25, -0.2) is 4.79 Å². The lowest BCUT2D eigenvalue weighted by Crippen LogP contribution is -2.01. The van der Waals surface area contributed by atoms with Gasteiger partial charge in [0.25, 0.3) is 0 Å². The topological polar surface area (TPSA) is 85.2 Å². The third-order valence-corrected chi connectivity index (χ3v) is 3.45. The Hall–Kier alpha value is -3.15. The van der Waals surface area contributed by atoms with Crippen LogP contribution >= 0.6 is 0 Å². The molecule has 0 atom stereocenters. The summed E-state index contributed by atoms with van der Waals surface area (Å²) >= 11 is 0. The number of hydrogen-bond donors (Lipinski definition) is 2. The monoisotopic (exact) mass is 330 g/mol. The van der Waals surface area contributed by atoms with E-state index in [9.17, 15) is 15.0 Å². The highest BCUT2D eigenvalue weighted by Crippen LogP contribution is 2.31. The first-order valence-corrected chi connectivity index (χ1v) is 7.04. The standard InChI is InChI=1S/C18H18O6/c1-22-13-7-6-11(16(10-13)24-3)4-5-12-8-14(23-2)9-15(19)17(12)18(20)21/h4-10,19H,1-3H3,(H,20,21)/b5-4+. The van der Waals surface area contributed by atoms with Gasteiger partial charge in [-0.3, -0.25) is 0 Å². The van der Waals surface area contributed by atoms with Crippen LogP contribution in [0.5, 0.6) is 23.0 Å². The average molecular weight is 330 g/mol. The van der Waals surface area contributed by atoms with Gasteiger partial charge in [0.2, 0.25) is 0 Å². The van der Waals surface area contributed by atoms with E-state index in [4.69, 9.17) is 14.2 Å². The van der Waals surface area contributed by atoms with E-state index in [-0.39, 0.29) is 11.3 Å². The molecule has 0 amide bonds. The molecule has 2 rings (SSSR count). The van der Waals surface area contributed by atoms with Gasteiger partial charge in [-0.1, -0.05) is 12.2 Å². The molecule has 126 valence electrons. The fourth-order valence-electron chi connectivity index (χ4n) is 2.24. The zero-order chi connectivity index (χ0) is 17.7. The van der Waals surface area contributed by atoms with Gasteiger partial charge in [0, 0.05) is 17.7 Å². The van der Waals surface area contributed by atoms with E-state index in [2.05, 4.69) is 0 Å². The molecule has 0 aliphatic carbocycles. The maximum absolute atomic E-state index is 11.4. The van der Waals surface area contributed by atoms with Gasteiger partial charge in [0.1, 0.15) is 28.6 Å². The number of carboxylic acids is 1. The second-order valence-electron chi connectivity index (χ2n) is 4.86. The summed E-state index contributed by atoms with van der Waals surface area (Å²) in [5.74, 6) is 0.00221. The summed E-state index contributed by atoms with van der Waals surface area (Å²) in [6.07, 6.45) is 3.27. The van der Waals surface area contributed by atoms with Crippen LogP contribution in [0.15, 0.2) is 30.3 Å². The number of benzene rings is 2. The number of methoxy groups -OCH3 is 3. The summed E-state index contributed by atoms with van der Waals surface area (Å²) in [6, 6.07) is 8.07. The molecule has 0 radical (unpaired) electrons. The number of ether oxygens (including phenoxy) is 3. The number of carboxylic acid groups (broad SMARTS) is 1. The number of carbonyl (C=O) groups is 1. The maximum Gasteiger partial charge on any atom is 0.340 e. The van der Waals surface area contributed by atoms with Crippen LogP contribution in [0.3, 0.4) is 0 Å². The van der Waals surface area contributed by atoms with E-state index in [1.165, 1.54) is 26.4 Å². The van der Waals surface area contributed by atoms with Crippen LogP contribution in [0.1, 0.15) is 21.5 Å². The highest BCUT2D eigenvalue weighted by molar-refractivity contribution is 5.96. The molecule has 2 aromatic carbocycles. The summed E-state index contributed by atoms with van der Waals surface area (Å²) in [7, 11) is 4.53. The number of hydrogen-bond acceptors (Lipinski definition) is 5. The van der Waals surface area contributed by atoms with Gasteiger partial charge < -0.3 is 24.4 Å². The third-order valence-electron chi connectivity index (χ3n) is 3.45. The quantitative estimate of drug-likeness (QED) is 0.791. The molecule has 2 aromatic rings. The summed E-state index contributed by atoms with van der Waals surface area (Å²) in [5, 5.41) is 19.2. The van der Waals surface area contributed by atoms with Crippen molar-refractivity contribution in [1.82, 2.24) is 0 Å². The molecule has 2 N–H and O–H groups in total. The molecule has 0 bridgehead atoms. The van der Waals surface area contributed by atoms with Gasteiger partial charge in [-0.2, -0.15) is 0 Å². The normalized spacial score (nSPS) is 10.6. The van der Waals surface area contributed by atoms with Crippen molar-refractivity contribution < 1.29 is 29.2 Å². The van der Waals surface area contributed by atoms with E-state index in [1.807, 2.05) is 0 Å². The molecule has 0 heterocycles. The molecule has 0 spiro atoms. The smallest absolute Gasteiger partial charge is 0.340 e. The minimum atomic E-state index is -1.23. The Morgan fingerprint density at radius 2 is 1.58 bits per heavy atom. The third kappa shape index (κ3) is 3.60. The zero-order valence-electron chi connectivity index (χ0n) is 13.6. The molecule has 24 heavy (non-hydrogen) atoms. The Morgan fingerprint density at radius 3 is 2.17 bits per heavy atom. The molecule has 0 aliphatic rings. The predicted molar refractivity (Wildman–Crippen MR) is 90.1 cm³/mol. The van der Waals surface area contributed by atoms with E-state index < -0.39 is 5.97 Å². The minimum Gasteiger partial charge on any atom is -0.507 e. The van der Waals surface area contributed by atoms with Gasteiger partial charge in [0.15, 0.2) is 0 Å². The lowest BCUT2D eigenvalue weighted by molar-refractivity contribution is 0.0693. The van der Waals surface area contributed by atoms with Crippen LogP contribution in [-0.4, -0.2) is 37.5 Å². The number of rotatable bonds is 6. The van der Waals surface area contributed by atoms with Gasteiger partial charge >= 0.3 is 5.97 Å². The van der Waals surface area contributed by atoms with Crippen molar-refractivity contribution in [3.05, 3.63) is 47.0 Å². The fourth-order valence-corrected chi connectivity index (χ4v) is 2.24. The van der Waals surface area contributed by atoms with Crippen LogP contribution in [-0.2, 0) is 0 Å². The lowest BCUT2D eigenvalue weighted by Gasteiger charge is -2.09. The summed E-state index contributed by atoms with van der Waals surface area (Å²) in [6.45, 7) is 0. The predicted octanol–water partition coefficient (Wildman–Crippen LogP) is 3.29. The second-order valence-corrected chi connectivity index (χ2v) is 4.86. The molecule has 6 heteroatoms. The fraction of sp³-hybridized carbons (Fsp3) is 0.167. The number of aromatic hydroxyl groups is 1. The molecule has 6 nitrogen and oxygen atoms in total. The average Bonchev–Trinajstić information content (AvgIpc) is 2.58. The lowest BCUT2D eigenvalue weighted by atomic mass is 10.0. The first-order chi connectivity index (χ1) is 11.5. The molecular formula is C18H18O6. The van der Waals surface area contributed by atoms with E-state index in [0.29, 0.717) is 22.8 Å². The molecule has 0 unspecified atom stereocenters.